The molecule has 4 N–H and O–H groups in total. The van der Waals surface area contributed by atoms with Crippen molar-refractivity contribution in [1.82, 2.24) is 0 Å². The minimum Gasteiger partial charge on any atom is -0.478 e. The molecule has 16 heavy (non-hydrogen) atoms. The lowest BCUT2D eigenvalue weighted by atomic mass is 9.82. The predicted molar refractivity (Wildman–Crippen MR) is 61.2 cm³/mol. The molecule has 0 spiro atoms. The molecular formula is C12H17NO3. The average Bonchev–Trinajstić information content (AvgIpc) is 2.28. The van der Waals surface area contributed by atoms with Crippen molar-refractivity contribution in [2.75, 3.05) is 6.61 Å². The van der Waals surface area contributed by atoms with E-state index in [4.69, 9.17) is 10.8 Å². The number of nitrogens with two attached hydrogens (primary N) is 1. The lowest BCUT2D eigenvalue weighted by Crippen LogP contribution is -2.32. The molecule has 0 saturated heterocycles. The maximum Gasteiger partial charge on any atom is 0.335 e. The van der Waals surface area contributed by atoms with E-state index in [1.54, 1.807) is 12.1 Å². The summed E-state index contributed by atoms with van der Waals surface area (Å²) >= 11 is 0. The van der Waals surface area contributed by atoms with Crippen LogP contribution in [0.15, 0.2) is 24.3 Å². The van der Waals surface area contributed by atoms with Crippen LogP contribution < -0.4 is 5.73 Å². The maximum absolute atomic E-state index is 10.7. The van der Waals surface area contributed by atoms with Gasteiger partial charge < -0.3 is 15.9 Å². The van der Waals surface area contributed by atoms with Crippen LogP contribution in [-0.2, 0) is 0 Å². The van der Waals surface area contributed by atoms with Crippen molar-refractivity contribution in [2.24, 2.45) is 11.1 Å². The molecule has 0 aliphatic rings. The SMILES string of the molecule is CC(C)(CO)[C@H](N)c1ccc(C(=O)O)cc1. The van der Waals surface area contributed by atoms with Gasteiger partial charge in [-0.15, -0.1) is 0 Å². The number of aliphatic hydroxyl groups excluding tert-OH is 1. The molecule has 4 heteroatoms. The molecule has 4 nitrogen and oxygen atoms in total. The molecule has 0 aliphatic heterocycles. The topological polar surface area (TPSA) is 83.5 Å². The zero-order chi connectivity index (χ0) is 12.3. The number of aliphatic hydroxyl groups is 1. The molecule has 0 radical (unpaired) electrons. The summed E-state index contributed by atoms with van der Waals surface area (Å²) < 4.78 is 0. The van der Waals surface area contributed by atoms with Gasteiger partial charge in [0.2, 0.25) is 0 Å². The molecule has 88 valence electrons. The number of aromatic carboxylic acids is 1. The van der Waals surface area contributed by atoms with E-state index in [1.807, 2.05) is 13.8 Å². The van der Waals surface area contributed by atoms with E-state index in [0.717, 1.165) is 5.56 Å². The quantitative estimate of drug-likeness (QED) is 0.720. The van der Waals surface area contributed by atoms with E-state index in [0.29, 0.717) is 0 Å². The summed E-state index contributed by atoms with van der Waals surface area (Å²) in [5.74, 6) is -0.957. The van der Waals surface area contributed by atoms with Crippen LogP contribution in [-0.4, -0.2) is 22.8 Å². The third-order valence-corrected chi connectivity index (χ3v) is 2.77. The van der Waals surface area contributed by atoms with Gasteiger partial charge in [0.1, 0.15) is 0 Å². The molecule has 1 atom stereocenters. The number of rotatable bonds is 4. The summed E-state index contributed by atoms with van der Waals surface area (Å²) in [6.07, 6.45) is 0. The van der Waals surface area contributed by atoms with Gasteiger partial charge >= 0.3 is 5.97 Å². The molecule has 0 unspecified atom stereocenters. The Kier molecular flexibility index (Phi) is 3.67. The van der Waals surface area contributed by atoms with E-state index in [2.05, 4.69) is 0 Å². The molecule has 1 rings (SSSR count). The van der Waals surface area contributed by atoms with E-state index < -0.39 is 11.4 Å². The second-order valence-electron chi connectivity index (χ2n) is 4.55. The van der Waals surface area contributed by atoms with Gasteiger partial charge in [0.25, 0.3) is 0 Å². The Morgan fingerprint density at radius 2 is 1.88 bits per heavy atom. The number of carboxylic acids is 1. The molecule has 0 aliphatic carbocycles. The summed E-state index contributed by atoms with van der Waals surface area (Å²) in [6.45, 7) is 3.71. The van der Waals surface area contributed by atoms with E-state index in [-0.39, 0.29) is 18.2 Å². The van der Waals surface area contributed by atoms with Crippen LogP contribution in [0, 0.1) is 5.41 Å². The largest absolute Gasteiger partial charge is 0.478 e. The van der Waals surface area contributed by atoms with E-state index in [9.17, 15) is 9.90 Å². The Balaban J connectivity index is 2.94. The second-order valence-corrected chi connectivity index (χ2v) is 4.55. The smallest absolute Gasteiger partial charge is 0.335 e. The van der Waals surface area contributed by atoms with Gasteiger partial charge in [0.15, 0.2) is 0 Å². The van der Waals surface area contributed by atoms with Gasteiger partial charge in [-0.1, -0.05) is 26.0 Å². The van der Waals surface area contributed by atoms with Crippen molar-refractivity contribution < 1.29 is 15.0 Å². The van der Waals surface area contributed by atoms with Crippen LogP contribution in [0.4, 0.5) is 0 Å². The highest BCUT2D eigenvalue weighted by atomic mass is 16.4. The van der Waals surface area contributed by atoms with Gasteiger partial charge in [-0.2, -0.15) is 0 Å². The minimum atomic E-state index is -0.957. The first-order valence-electron chi connectivity index (χ1n) is 5.08. The third kappa shape index (κ3) is 2.59. The Hall–Kier alpha value is -1.39. The Bertz CT molecular complexity index is 370. The van der Waals surface area contributed by atoms with Crippen molar-refractivity contribution in [2.45, 2.75) is 19.9 Å². The second kappa shape index (κ2) is 4.63. The molecule has 0 saturated carbocycles. The highest BCUT2D eigenvalue weighted by Crippen LogP contribution is 2.30. The molecule has 0 heterocycles. The Morgan fingerprint density at radius 1 is 1.38 bits per heavy atom. The number of hydrogen-bond donors (Lipinski definition) is 3. The lowest BCUT2D eigenvalue weighted by molar-refractivity contribution is 0.0697. The van der Waals surface area contributed by atoms with Crippen LogP contribution in [0.5, 0.6) is 0 Å². The molecule has 0 amide bonds. The summed E-state index contributed by atoms with van der Waals surface area (Å²) in [5.41, 5.74) is 6.63. The summed E-state index contributed by atoms with van der Waals surface area (Å²) in [7, 11) is 0. The molecular weight excluding hydrogens is 206 g/mol. The number of benzene rings is 1. The number of carboxylic acid groups (broad SMARTS) is 1. The Labute approximate surface area is 94.7 Å². The van der Waals surface area contributed by atoms with Crippen LogP contribution in [0.25, 0.3) is 0 Å². The fraction of sp³-hybridized carbons (Fsp3) is 0.417. The van der Waals surface area contributed by atoms with Crippen molar-refractivity contribution in [1.29, 1.82) is 0 Å². The first-order chi connectivity index (χ1) is 7.38. The molecule has 0 bridgehead atoms. The van der Waals surface area contributed by atoms with Crippen molar-refractivity contribution in [3.8, 4) is 0 Å². The maximum atomic E-state index is 10.7. The summed E-state index contributed by atoms with van der Waals surface area (Å²) in [5, 5.41) is 17.9. The highest BCUT2D eigenvalue weighted by molar-refractivity contribution is 5.87. The monoisotopic (exact) mass is 223 g/mol. The van der Waals surface area contributed by atoms with Gasteiger partial charge in [-0.25, -0.2) is 4.79 Å². The van der Waals surface area contributed by atoms with Crippen LogP contribution in [0.2, 0.25) is 0 Å². The van der Waals surface area contributed by atoms with E-state index >= 15 is 0 Å². The van der Waals surface area contributed by atoms with Crippen molar-refractivity contribution in [3.63, 3.8) is 0 Å². The minimum absolute atomic E-state index is 0.0190. The molecule has 1 aromatic carbocycles. The van der Waals surface area contributed by atoms with Gasteiger partial charge in [-0.3, -0.25) is 0 Å². The lowest BCUT2D eigenvalue weighted by Gasteiger charge is -2.29. The number of carbonyl (C=O) groups is 1. The molecule has 0 aromatic heterocycles. The van der Waals surface area contributed by atoms with Crippen LogP contribution in [0.3, 0.4) is 0 Å². The zero-order valence-electron chi connectivity index (χ0n) is 9.47. The first-order valence-corrected chi connectivity index (χ1v) is 5.08. The van der Waals surface area contributed by atoms with Crippen molar-refractivity contribution in [3.05, 3.63) is 35.4 Å². The summed E-state index contributed by atoms with van der Waals surface area (Å²) in [6, 6.07) is 6.09. The normalized spacial score (nSPS) is 13.5. The zero-order valence-corrected chi connectivity index (χ0v) is 9.47. The third-order valence-electron chi connectivity index (χ3n) is 2.77. The highest BCUT2D eigenvalue weighted by Gasteiger charge is 2.26. The first kappa shape index (κ1) is 12.7. The average molecular weight is 223 g/mol. The predicted octanol–water partition coefficient (Wildman–Crippen LogP) is 1.40. The standard InChI is InChI=1S/C12H17NO3/c1-12(2,7-14)10(13)8-3-5-9(6-4-8)11(15)16/h3-6,10,14H,7,13H2,1-2H3,(H,15,16)/t10-/m1/s1. The van der Waals surface area contributed by atoms with Gasteiger partial charge in [0.05, 0.1) is 5.56 Å². The van der Waals surface area contributed by atoms with Crippen LogP contribution in [0.1, 0.15) is 35.8 Å². The van der Waals surface area contributed by atoms with E-state index in [1.165, 1.54) is 12.1 Å². The fourth-order valence-electron chi connectivity index (χ4n) is 1.38. The van der Waals surface area contributed by atoms with Crippen LogP contribution >= 0.6 is 0 Å². The molecule has 0 fully saturated rings. The molecule has 1 aromatic rings. The van der Waals surface area contributed by atoms with Gasteiger partial charge in [0, 0.05) is 18.1 Å². The Morgan fingerprint density at radius 3 is 2.25 bits per heavy atom. The van der Waals surface area contributed by atoms with Gasteiger partial charge in [-0.05, 0) is 17.7 Å². The fourth-order valence-corrected chi connectivity index (χ4v) is 1.38. The summed E-state index contributed by atoms with van der Waals surface area (Å²) in [4.78, 5) is 10.7. The van der Waals surface area contributed by atoms with Crippen molar-refractivity contribution >= 4 is 5.97 Å². The number of hydrogen-bond acceptors (Lipinski definition) is 3.